The van der Waals surface area contributed by atoms with Crippen molar-refractivity contribution in [3.05, 3.63) is 12.2 Å². The Hall–Kier alpha value is -0.920. The third-order valence-corrected chi connectivity index (χ3v) is 15.4. The highest BCUT2D eigenvalue weighted by atomic mass is 16.3. The highest BCUT2D eigenvalue weighted by Gasteiger charge is 2.76. The first kappa shape index (κ1) is 23.2. The van der Waals surface area contributed by atoms with Crippen LogP contribution in [-0.4, -0.2) is 22.8 Å². The number of hydrogen-bond donors (Lipinski definition) is 1. The summed E-state index contributed by atoms with van der Waals surface area (Å²) in [6, 6.07) is 0. The van der Waals surface area contributed by atoms with Crippen molar-refractivity contribution in [1.29, 1.82) is 0 Å². The number of isocyanates is 1. The summed E-state index contributed by atoms with van der Waals surface area (Å²) in [5.41, 5.74) is 1.37. The van der Waals surface area contributed by atoms with Crippen molar-refractivity contribution >= 4 is 6.08 Å². The van der Waals surface area contributed by atoms with Gasteiger partial charge in [0.1, 0.15) is 0 Å². The van der Waals surface area contributed by atoms with Crippen LogP contribution in [0.25, 0.3) is 0 Å². The average Bonchev–Trinajstić information content (AvgIpc) is 3.44. The van der Waals surface area contributed by atoms with Crippen molar-refractivity contribution in [2.75, 3.05) is 0 Å². The number of aliphatic imine (C=N–C) groups is 1. The van der Waals surface area contributed by atoms with E-state index in [0.717, 1.165) is 25.2 Å². The fraction of sp³-hybridized carbons (Fsp3) is 0.906. The lowest BCUT2D eigenvalue weighted by molar-refractivity contribution is -0.270. The monoisotopic (exact) mass is 477 g/mol. The third kappa shape index (κ3) is 2.33. The molecule has 35 heavy (non-hydrogen) atoms. The molecule has 11 atom stereocenters. The van der Waals surface area contributed by atoms with Crippen LogP contribution < -0.4 is 0 Å². The Labute approximate surface area is 212 Å². The molecular weight excluding hydrogens is 430 g/mol. The van der Waals surface area contributed by atoms with E-state index in [1.807, 2.05) is 0 Å². The number of allylic oxidation sites excluding steroid dienone is 1. The molecule has 0 aliphatic heterocycles. The second kappa shape index (κ2) is 6.55. The molecule has 0 heterocycles. The van der Waals surface area contributed by atoms with Crippen molar-refractivity contribution in [3.8, 4) is 0 Å². The molecule has 0 unspecified atom stereocenters. The molecular formula is C32H47NO2. The molecule has 7 aliphatic rings. The van der Waals surface area contributed by atoms with Crippen LogP contribution in [0.1, 0.15) is 112 Å². The molecule has 0 radical (unpaired) electrons. The van der Waals surface area contributed by atoms with Gasteiger partial charge in [-0.2, -0.15) is 4.99 Å². The maximum absolute atomic E-state index is 11.7. The molecule has 7 rings (SSSR count). The Morgan fingerprint density at radius 1 is 0.743 bits per heavy atom. The van der Waals surface area contributed by atoms with Crippen molar-refractivity contribution in [2.24, 2.45) is 61.2 Å². The largest absolute Gasteiger partial charge is 0.392 e. The molecule has 0 aromatic rings. The maximum Gasteiger partial charge on any atom is 0.235 e. The minimum Gasteiger partial charge on any atom is -0.392 e. The minimum atomic E-state index is -0.188. The molecule has 3 heteroatoms. The second-order valence-electron chi connectivity index (χ2n) is 15.8. The van der Waals surface area contributed by atoms with Gasteiger partial charge < -0.3 is 5.11 Å². The molecule has 3 nitrogen and oxygen atoms in total. The summed E-state index contributed by atoms with van der Waals surface area (Å²) in [6.07, 6.45) is 21.5. The van der Waals surface area contributed by atoms with E-state index in [2.05, 4.69) is 52.9 Å². The molecule has 192 valence electrons. The van der Waals surface area contributed by atoms with E-state index in [4.69, 9.17) is 4.99 Å². The topological polar surface area (TPSA) is 49.7 Å². The fourth-order valence-electron chi connectivity index (χ4n) is 12.8. The molecule has 6 fully saturated rings. The SMILES string of the molecule is CC1([C@@H]2CC[C@]3(N=C=O)CC[C@]4(C)[C@H](CC[C@@H]5[C@@]6(C)CC[C@H](O)[C@@]7(C)C=C[C@]76CC[C@]54C)[C@@H]23)CC1. The molecule has 0 saturated heterocycles. The highest BCUT2D eigenvalue weighted by molar-refractivity contribution is 5.39. The van der Waals surface area contributed by atoms with Crippen LogP contribution in [0.3, 0.4) is 0 Å². The summed E-state index contributed by atoms with van der Waals surface area (Å²) in [6.45, 7) is 12.9. The van der Waals surface area contributed by atoms with Crippen LogP contribution in [0.15, 0.2) is 17.1 Å². The van der Waals surface area contributed by atoms with E-state index in [9.17, 15) is 9.90 Å². The van der Waals surface area contributed by atoms with Crippen LogP contribution in [0.2, 0.25) is 0 Å². The molecule has 6 saturated carbocycles. The van der Waals surface area contributed by atoms with Gasteiger partial charge in [-0.25, -0.2) is 4.79 Å². The Morgan fingerprint density at radius 2 is 1.49 bits per heavy atom. The van der Waals surface area contributed by atoms with E-state index < -0.39 is 0 Å². The molecule has 1 N–H and O–H groups in total. The lowest BCUT2D eigenvalue weighted by Crippen LogP contribution is -2.72. The van der Waals surface area contributed by atoms with Crippen molar-refractivity contribution in [2.45, 2.75) is 123 Å². The van der Waals surface area contributed by atoms with Gasteiger partial charge in [-0.15, -0.1) is 0 Å². The number of hydrogen-bond acceptors (Lipinski definition) is 3. The molecule has 0 bridgehead atoms. The van der Waals surface area contributed by atoms with Crippen molar-refractivity contribution < 1.29 is 9.90 Å². The number of aliphatic hydroxyl groups excluding tert-OH is 1. The van der Waals surface area contributed by atoms with Crippen LogP contribution in [0, 0.1) is 56.2 Å². The minimum absolute atomic E-state index is 0.0450. The zero-order valence-corrected chi connectivity index (χ0v) is 22.8. The highest BCUT2D eigenvalue weighted by Crippen LogP contribution is 2.82. The van der Waals surface area contributed by atoms with E-state index in [1.165, 1.54) is 57.8 Å². The van der Waals surface area contributed by atoms with Gasteiger partial charge in [0.15, 0.2) is 0 Å². The number of rotatable bonds is 2. The van der Waals surface area contributed by atoms with Crippen molar-refractivity contribution in [3.63, 3.8) is 0 Å². The van der Waals surface area contributed by atoms with E-state index in [1.54, 1.807) is 0 Å². The third-order valence-electron chi connectivity index (χ3n) is 15.4. The number of carbonyl (C=O) groups excluding carboxylic acids is 1. The van der Waals surface area contributed by atoms with Crippen LogP contribution in [-0.2, 0) is 4.79 Å². The normalized spacial score (nSPS) is 61.1. The summed E-state index contributed by atoms with van der Waals surface area (Å²) in [5, 5.41) is 11.1. The Bertz CT molecular complexity index is 1040. The second-order valence-corrected chi connectivity index (χ2v) is 15.8. The predicted octanol–water partition coefficient (Wildman–Crippen LogP) is 7.24. The summed E-state index contributed by atoms with van der Waals surface area (Å²) < 4.78 is 0. The average molecular weight is 478 g/mol. The number of fused-ring (bicyclic) bond motifs is 6. The van der Waals surface area contributed by atoms with Gasteiger partial charge in [-0.1, -0.05) is 46.8 Å². The van der Waals surface area contributed by atoms with Gasteiger partial charge in [-0.05, 0) is 122 Å². The molecule has 7 aliphatic carbocycles. The standard InChI is InChI=1S/C32H47NO2/c1-26(12-13-26)21-8-11-31(33-20-34)17-14-27(2)22(25(21)31)6-7-23-28(27,3)15-18-32-19-16-30(32,5)24(35)9-10-29(23,32)4/h16,19,21-25,35H,6-15,17-18H2,1-5H3/t21-,22-,23+,24+,25-,27-,28-,29-,30-,31+,32+/m1/s1. The molecule has 0 aromatic carbocycles. The lowest BCUT2D eigenvalue weighted by atomic mass is 9.27. The number of nitrogens with zero attached hydrogens (tertiary/aromatic N) is 1. The van der Waals surface area contributed by atoms with Crippen LogP contribution in [0.5, 0.6) is 0 Å². The van der Waals surface area contributed by atoms with E-state index in [0.29, 0.717) is 34.0 Å². The van der Waals surface area contributed by atoms with Gasteiger partial charge in [-0.3, -0.25) is 0 Å². The van der Waals surface area contributed by atoms with Gasteiger partial charge >= 0.3 is 0 Å². The van der Waals surface area contributed by atoms with Gasteiger partial charge in [0.25, 0.3) is 0 Å². The zero-order chi connectivity index (χ0) is 24.7. The maximum atomic E-state index is 11.7. The first-order valence-electron chi connectivity index (χ1n) is 14.9. The molecule has 0 aromatic heterocycles. The Kier molecular flexibility index (Phi) is 4.35. The van der Waals surface area contributed by atoms with Gasteiger partial charge in [0, 0.05) is 10.8 Å². The first-order chi connectivity index (χ1) is 16.5. The quantitative estimate of drug-likeness (QED) is 0.259. The summed E-state index contributed by atoms with van der Waals surface area (Å²) in [4.78, 5) is 16.4. The van der Waals surface area contributed by atoms with E-state index in [-0.39, 0.29) is 27.9 Å². The summed E-state index contributed by atoms with van der Waals surface area (Å²) in [5.74, 6) is 2.69. The first-order valence-corrected chi connectivity index (χ1v) is 14.9. The van der Waals surface area contributed by atoms with Gasteiger partial charge in [0.05, 0.1) is 11.6 Å². The lowest BCUT2D eigenvalue weighted by Gasteiger charge is -2.77. The predicted molar refractivity (Wildman–Crippen MR) is 138 cm³/mol. The fourth-order valence-corrected chi connectivity index (χ4v) is 12.8. The zero-order valence-electron chi connectivity index (χ0n) is 22.8. The summed E-state index contributed by atoms with van der Waals surface area (Å²) >= 11 is 0. The Morgan fingerprint density at radius 3 is 2.14 bits per heavy atom. The van der Waals surface area contributed by atoms with Gasteiger partial charge in [0.2, 0.25) is 6.08 Å². The Balaban J connectivity index is 1.31. The summed E-state index contributed by atoms with van der Waals surface area (Å²) in [7, 11) is 0. The van der Waals surface area contributed by atoms with E-state index >= 15 is 0 Å². The number of aliphatic hydroxyl groups is 1. The van der Waals surface area contributed by atoms with Crippen LogP contribution in [0.4, 0.5) is 0 Å². The van der Waals surface area contributed by atoms with Crippen molar-refractivity contribution in [1.82, 2.24) is 0 Å². The molecule has 0 amide bonds. The van der Waals surface area contributed by atoms with Crippen LogP contribution >= 0.6 is 0 Å². The smallest absolute Gasteiger partial charge is 0.235 e. The molecule has 1 spiro atoms.